The molecule has 14 nitrogen and oxygen atoms in total. The minimum atomic E-state index is -4.68. The monoisotopic (exact) mass is 780 g/mol. The fourth-order valence-electron chi connectivity index (χ4n) is 5.69. The highest BCUT2D eigenvalue weighted by molar-refractivity contribution is 7.47. The van der Waals surface area contributed by atoms with E-state index < -0.39 is 83.0 Å². The Balaban J connectivity index is 2.57. The van der Waals surface area contributed by atoms with Crippen LogP contribution in [0.2, 0.25) is 0 Å². The van der Waals surface area contributed by atoms with Crippen LogP contribution in [0.25, 0.3) is 0 Å². The van der Waals surface area contributed by atoms with Crippen molar-refractivity contribution in [3.05, 3.63) is 24.3 Å². The lowest BCUT2D eigenvalue weighted by Gasteiger charge is -2.36. The van der Waals surface area contributed by atoms with Crippen molar-refractivity contribution in [2.75, 3.05) is 26.4 Å². The zero-order chi connectivity index (χ0) is 39.5. The van der Waals surface area contributed by atoms with Gasteiger partial charge in [-0.2, -0.15) is 0 Å². The predicted octanol–water partition coefficient (Wildman–Crippen LogP) is 5.40. The van der Waals surface area contributed by atoms with Crippen molar-refractivity contribution in [1.29, 1.82) is 0 Å². The molecule has 0 saturated carbocycles. The van der Waals surface area contributed by atoms with Crippen LogP contribution >= 0.6 is 7.82 Å². The number of rotatable bonds is 31. The predicted molar refractivity (Wildman–Crippen MR) is 199 cm³/mol. The van der Waals surface area contributed by atoms with Gasteiger partial charge >= 0.3 is 19.8 Å². The fraction of sp³-hybridized carbons (Fsp3) is 0.842. The maximum Gasteiger partial charge on any atom is 0.472 e. The Morgan fingerprint density at radius 1 is 0.868 bits per heavy atom. The highest BCUT2D eigenvalue weighted by Crippen LogP contribution is 2.43. The Morgan fingerprint density at radius 3 is 2.23 bits per heavy atom. The van der Waals surface area contributed by atoms with Crippen LogP contribution in [0.3, 0.4) is 0 Å². The molecule has 0 amide bonds. The number of esters is 2. The van der Waals surface area contributed by atoms with Crippen molar-refractivity contribution in [2.24, 2.45) is 11.8 Å². The molecule has 0 aromatic carbocycles. The second-order valence-electron chi connectivity index (χ2n) is 14.3. The molecule has 0 aromatic rings. The average Bonchev–Trinajstić information content (AvgIpc) is 3.10. The molecule has 6 N–H and O–H groups in total. The van der Waals surface area contributed by atoms with Gasteiger partial charge in [-0.3, -0.25) is 18.6 Å². The average molecular weight is 781 g/mol. The van der Waals surface area contributed by atoms with Gasteiger partial charge in [0.25, 0.3) is 0 Å². The van der Waals surface area contributed by atoms with Crippen molar-refractivity contribution in [2.45, 2.75) is 167 Å². The summed E-state index contributed by atoms with van der Waals surface area (Å²) < 4.78 is 38.1. The minimum absolute atomic E-state index is 0.0479. The third-order valence-electron chi connectivity index (χ3n) is 8.83. The van der Waals surface area contributed by atoms with E-state index in [1.165, 1.54) is 12.8 Å². The molecule has 1 aliphatic heterocycles. The molecule has 15 heteroatoms. The van der Waals surface area contributed by atoms with Crippen LogP contribution in [-0.2, 0) is 37.4 Å². The smallest absolute Gasteiger partial charge is 0.462 e. The molecular weight excluding hydrogens is 711 g/mol. The summed E-state index contributed by atoms with van der Waals surface area (Å²) in [5.74, 6) is -0.765. The first kappa shape index (κ1) is 49.3. The number of unbranched alkanes of at least 4 members (excludes halogenated alkanes) is 8. The summed E-state index contributed by atoms with van der Waals surface area (Å²) in [6.45, 7) is 4.13. The minimum Gasteiger partial charge on any atom is -0.462 e. The van der Waals surface area contributed by atoms with E-state index in [0.717, 1.165) is 44.9 Å². The van der Waals surface area contributed by atoms with Crippen LogP contribution in [0.15, 0.2) is 24.3 Å². The Morgan fingerprint density at radius 2 is 1.53 bits per heavy atom. The quantitative estimate of drug-likeness (QED) is 0.0225. The Bertz CT molecular complexity index is 1070. The van der Waals surface area contributed by atoms with E-state index in [-0.39, 0.29) is 25.2 Å². The van der Waals surface area contributed by atoms with Crippen molar-refractivity contribution in [3.63, 3.8) is 0 Å². The highest BCUT2D eigenvalue weighted by Gasteiger charge is 2.35. The molecule has 1 heterocycles. The van der Waals surface area contributed by atoms with Crippen LogP contribution < -0.4 is 0 Å². The molecule has 0 spiro atoms. The molecule has 0 aromatic heterocycles. The van der Waals surface area contributed by atoms with Crippen LogP contribution in [0.5, 0.6) is 0 Å². The Hall–Kier alpha value is -1.71. The molecule has 0 radical (unpaired) electrons. The second-order valence-corrected chi connectivity index (χ2v) is 15.8. The number of ether oxygens (including phenoxy) is 3. The normalized spacial score (nSPS) is 22.2. The molecule has 2 unspecified atom stereocenters. The molecule has 0 aliphatic carbocycles. The molecule has 1 aliphatic rings. The molecule has 53 heavy (non-hydrogen) atoms. The van der Waals surface area contributed by atoms with Crippen molar-refractivity contribution in [3.8, 4) is 0 Å². The summed E-state index contributed by atoms with van der Waals surface area (Å²) in [6, 6.07) is 0. The SMILES string of the molecule is CCCCC[C@H](O)/C=C/[C@H]1OC(O)C[C@H](O)[C@@H]1C/C=C\CCCC(=O)OC[C@H](COP(=O)(O)OC[C@@H](O)CO)OC(=O)CCCCCCCCC(C)C. The van der Waals surface area contributed by atoms with Crippen molar-refractivity contribution in [1.82, 2.24) is 0 Å². The lowest BCUT2D eigenvalue weighted by Crippen LogP contribution is -2.43. The zero-order valence-electron chi connectivity index (χ0n) is 32.2. The molecule has 1 saturated heterocycles. The van der Waals surface area contributed by atoms with Gasteiger partial charge < -0.3 is 44.6 Å². The summed E-state index contributed by atoms with van der Waals surface area (Å²) in [7, 11) is -4.68. The number of hydrogen-bond acceptors (Lipinski definition) is 13. The molecule has 1 fully saturated rings. The van der Waals surface area contributed by atoms with Crippen LogP contribution in [0.1, 0.15) is 130 Å². The lowest BCUT2D eigenvalue weighted by atomic mass is 9.87. The topological polar surface area (TPSA) is 219 Å². The maximum atomic E-state index is 12.5. The summed E-state index contributed by atoms with van der Waals surface area (Å²) in [5.41, 5.74) is 0. The van der Waals surface area contributed by atoms with Gasteiger partial charge in [0.15, 0.2) is 12.4 Å². The number of aliphatic hydroxyl groups excluding tert-OH is 5. The number of allylic oxidation sites excluding steroid dienone is 2. The third-order valence-corrected chi connectivity index (χ3v) is 9.78. The molecule has 1 rings (SSSR count). The van der Waals surface area contributed by atoms with Crippen LogP contribution in [0, 0.1) is 11.8 Å². The van der Waals surface area contributed by atoms with Gasteiger partial charge in [-0.25, -0.2) is 4.57 Å². The van der Waals surface area contributed by atoms with Crippen LogP contribution in [0.4, 0.5) is 0 Å². The Kier molecular flexibility index (Phi) is 27.5. The molecular formula is C38H69O14P. The molecule has 8 atom stereocenters. The Labute approximate surface area is 316 Å². The van der Waals surface area contributed by atoms with Gasteiger partial charge in [-0.05, 0) is 38.0 Å². The van der Waals surface area contributed by atoms with Gasteiger partial charge in [-0.15, -0.1) is 0 Å². The largest absolute Gasteiger partial charge is 0.472 e. The number of carbonyl (C=O) groups is 2. The van der Waals surface area contributed by atoms with E-state index in [4.69, 9.17) is 23.8 Å². The highest BCUT2D eigenvalue weighted by atomic mass is 31.2. The first-order valence-corrected chi connectivity index (χ1v) is 21.0. The second kappa shape index (κ2) is 29.6. The van der Waals surface area contributed by atoms with Gasteiger partial charge in [-0.1, -0.05) is 103 Å². The van der Waals surface area contributed by atoms with Gasteiger partial charge in [0.2, 0.25) is 0 Å². The van der Waals surface area contributed by atoms with Gasteiger partial charge in [0.1, 0.15) is 12.7 Å². The number of phosphoric acid groups is 1. The summed E-state index contributed by atoms with van der Waals surface area (Å²) >= 11 is 0. The molecule has 0 bridgehead atoms. The summed E-state index contributed by atoms with van der Waals surface area (Å²) in [5, 5.41) is 49.1. The van der Waals surface area contributed by atoms with Crippen molar-refractivity contribution >= 4 is 19.8 Å². The van der Waals surface area contributed by atoms with Crippen molar-refractivity contribution < 1.29 is 67.8 Å². The molecule has 310 valence electrons. The first-order chi connectivity index (χ1) is 25.3. The van der Waals surface area contributed by atoms with Gasteiger partial charge in [0.05, 0.1) is 38.1 Å². The van der Waals surface area contributed by atoms with E-state index >= 15 is 0 Å². The fourth-order valence-corrected chi connectivity index (χ4v) is 6.48. The first-order valence-electron chi connectivity index (χ1n) is 19.5. The number of hydrogen-bond donors (Lipinski definition) is 6. The van der Waals surface area contributed by atoms with E-state index in [1.807, 2.05) is 12.2 Å². The third kappa shape index (κ3) is 25.9. The number of phosphoric ester groups is 1. The summed E-state index contributed by atoms with van der Waals surface area (Å²) in [4.78, 5) is 35.0. The standard InChI is InChI=1S/C38H69O14P/c1-4-5-12-18-30(40)22-23-35-33(34(42)24-38(45)52-35)19-14-10-11-15-20-36(43)48-27-32(28-50-53(46,47)49-26-31(41)25-39)51-37(44)21-16-9-7-6-8-13-17-29(2)3/h10,14,22-23,29-35,38-42,45H,4-9,11-13,15-21,24-28H2,1-3H3,(H,46,47)/b14-10-,23-22+/t30-,31-,32+,33-,34-,35+,38?/m0/s1. The van der Waals surface area contributed by atoms with E-state index in [9.17, 15) is 39.5 Å². The van der Waals surface area contributed by atoms with Gasteiger partial charge in [0, 0.05) is 25.2 Å². The summed E-state index contributed by atoms with van der Waals surface area (Å²) in [6.07, 6.45) is 13.9. The number of aliphatic hydroxyl groups is 5. The van der Waals surface area contributed by atoms with E-state index in [1.54, 1.807) is 12.2 Å². The lowest BCUT2D eigenvalue weighted by molar-refractivity contribution is -0.199. The number of carbonyl (C=O) groups excluding carboxylic acids is 2. The van der Waals surface area contributed by atoms with Crippen LogP contribution in [-0.4, -0.2) is 106 Å². The zero-order valence-corrected chi connectivity index (χ0v) is 33.1. The van der Waals surface area contributed by atoms with E-state index in [2.05, 4.69) is 25.3 Å². The maximum absolute atomic E-state index is 12.5. The van der Waals surface area contributed by atoms with E-state index in [0.29, 0.717) is 38.0 Å².